The lowest BCUT2D eigenvalue weighted by atomic mass is 10.0. The zero-order chi connectivity index (χ0) is 18.1. The number of pyridine rings is 1. The highest BCUT2D eigenvalue weighted by atomic mass is 35.5. The summed E-state index contributed by atoms with van der Waals surface area (Å²) in [6.07, 6.45) is 3.52. The molecule has 0 unspecified atom stereocenters. The van der Waals surface area contributed by atoms with Crippen LogP contribution in [-0.4, -0.2) is 28.0 Å². The van der Waals surface area contributed by atoms with Gasteiger partial charge < -0.3 is 0 Å². The van der Waals surface area contributed by atoms with Gasteiger partial charge in [0.05, 0.1) is 4.91 Å². The van der Waals surface area contributed by atoms with Crippen LogP contribution in [0, 0.1) is 0 Å². The van der Waals surface area contributed by atoms with Crippen molar-refractivity contribution in [1.29, 1.82) is 0 Å². The van der Waals surface area contributed by atoms with Crippen LogP contribution in [0.1, 0.15) is 5.56 Å². The van der Waals surface area contributed by atoms with Crippen LogP contribution in [-0.2, 0) is 4.79 Å². The van der Waals surface area contributed by atoms with Crippen molar-refractivity contribution in [2.24, 2.45) is 4.99 Å². The third-order valence-electron chi connectivity index (χ3n) is 4.07. The van der Waals surface area contributed by atoms with Gasteiger partial charge in [-0.1, -0.05) is 54.1 Å². The van der Waals surface area contributed by atoms with E-state index < -0.39 is 0 Å². The number of carbonyl (C=O) groups is 1. The quantitative estimate of drug-likeness (QED) is 0.458. The van der Waals surface area contributed by atoms with Gasteiger partial charge in [0.1, 0.15) is 5.69 Å². The number of benzene rings is 2. The Morgan fingerprint density at radius 2 is 1.92 bits per heavy atom. The number of hydrogen-bond donors (Lipinski definition) is 0. The number of aromatic nitrogens is 1. The predicted octanol–water partition coefficient (Wildman–Crippen LogP) is 5.12. The molecule has 1 saturated heterocycles. The fourth-order valence-corrected chi connectivity index (χ4v) is 3.87. The topological polar surface area (TPSA) is 45.6 Å². The first-order chi connectivity index (χ1) is 12.6. The van der Waals surface area contributed by atoms with E-state index in [-0.39, 0.29) is 5.91 Å². The number of carbonyl (C=O) groups excluding carboxylic acids is 1. The molecular formula is C20H14ClN3OS. The first-order valence-corrected chi connectivity index (χ1v) is 9.17. The molecule has 2 heterocycles. The Balaban J connectivity index is 1.73. The van der Waals surface area contributed by atoms with Gasteiger partial charge in [-0.3, -0.25) is 9.69 Å². The number of likely N-dealkylation sites (N-methyl/N-ethyl adjacent to an activating group) is 1. The van der Waals surface area contributed by atoms with Gasteiger partial charge in [-0.25, -0.2) is 9.98 Å². The minimum atomic E-state index is -0.0818. The van der Waals surface area contributed by atoms with Crippen LogP contribution in [0.15, 0.2) is 70.7 Å². The van der Waals surface area contributed by atoms with Crippen molar-refractivity contribution in [2.75, 3.05) is 7.05 Å². The third kappa shape index (κ3) is 3.11. The van der Waals surface area contributed by atoms with E-state index in [0.717, 1.165) is 16.3 Å². The highest BCUT2D eigenvalue weighted by Gasteiger charge is 2.30. The van der Waals surface area contributed by atoms with E-state index in [4.69, 9.17) is 11.6 Å². The average Bonchev–Trinajstić information content (AvgIpc) is 2.92. The number of rotatable bonds is 2. The van der Waals surface area contributed by atoms with Gasteiger partial charge in [0.15, 0.2) is 10.3 Å². The summed E-state index contributed by atoms with van der Waals surface area (Å²) in [5.41, 5.74) is 1.55. The Labute approximate surface area is 160 Å². The Hall–Kier alpha value is -2.63. The summed E-state index contributed by atoms with van der Waals surface area (Å²) >= 11 is 7.41. The number of hydrogen-bond acceptors (Lipinski definition) is 4. The SMILES string of the molecule is CN1C(=O)/C(=C/c2cccc3ccccc23)SC1=Nc1cccnc1Cl. The molecule has 3 aromatic rings. The summed E-state index contributed by atoms with van der Waals surface area (Å²) in [5.74, 6) is -0.0818. The molecule has 4 rings (SSSR count). The first-order valence-electron chi connectivity index (χ1n) is 7.98. The second-order valence-corrected chi connectivity index (χ2v) is 7.12. The molecule has 1 aromatic heterocycles. The van der Waals surface area contributed by atoms with Gasteiger partial charge in [0, 0.05) is 13.2 Å². The van der Waals surface area contributed by atoms with Gasteiger partial charge in [-0.15, -0.1) is 0 Å². The Kier molecular flexibility index (Phi) is 4.49. The van der Waals surface area contributed by atoms with E-state index in [1.165, 1.54) is 16.7 Å². The summed E-state index contributed by atoms with van der Waals surface area (Å²) in [7, 11) is 1.71. The van der Waals surface area contributed by atoms with E-state index >= 15 is 0 Å². The molecule has 0 bridgehead atoms. The summed E-state index contributed by atoms with van der Waals surface area (Å²) in [5, 5.41) is 3.14. The van der Waals surface area contributed by atoms with Gasteiger partial charge >= 0.3 is 0 Å². The maximum absolute atomic E-state index is 12.6. The fourth-order valence-electron chi connectivity index (χ4n) is 2.73. The van der Waals surface area contributed by atoms with E-state index in [0.29, 0.717) is 20.9 Å². The number of amides is 1. The third-order valence-corrected chi connectivity index (χ3v) is 5.42. The van der Waals surface area contributed by atoms with Crippen molar-refractivity contribution in [3.63, 3.8) is 0 Å². The fraction of sp³-hybridized carbons (Fsp3) is 0.0500. The van der Waals surface area contributed by atoms with Crippen LogP contribution in [0.4, 0.5) is 5.69 Å². The zero-order valence-electron chi connectivity index (χ0n) is 13.9. The van der Waals surface area contributed by atoms with Crippen molar-refractivity contribution in [3.8, 4) is 0 Å². The lowest BCUT2D eigenvalue weighted by molar-refractivity contribution is -0.121. The molecule has 0 atom stereocenters. The molecule has 1 aliphatic heterocycles. The molecule has 1 amide bonds. The van der Waals surface area contributed by atoms with Crippen LogP contribution >= 0.6 is 23.4 Å². The molecule has 1 aliphatic rings. The van der Waals surface area contributed by atoms with E-state index in [1.807, 2.05) is 30.3 Å². The number of halogens is 1. The van der Waals surface area contributed by atoms with Gasteiger partial charge in [0.25, 0.3) is 5.91 Å². The average molecular weight is 380 g/mol. The molecule has 0 radical (unpaired) electrons. The Bertz CT molecular complexity index is 1070. The Morgan fingerprint density at radius 1 is 1.12 bits per heavy atom. The molecule has 0 saturated carbocycles. The normalized spacial score (nSPS) is 17.6. The number of fused-ring (bicyclic) bond motifs is 1. The van der Waals surface area contributed by atoms with E-state index in [1.54, 1.807) is 25.4 Å². The van der Waals surface area contributed by atoms with Crippen LogP contribution in [0.3, 0.4) is 0 Å². The smallest absolute Gasteiger partial charge is 0.266 e. The molecule has 4 nitrogen and oxygen atoms in total. The molecular weight excluding hydrogens is 366 g/mol. The van der Waals surface area contributed by atoms with E-state index in [2.05, 4.69) is 28.2 Å². The van der Waals surface area contributed by atoms with Gasteiger partial charge in [-0.2, -0.15) is 0 Å². The molecule has 128 valence electrons. The summed E-state index contributed by atoms with van der Waals surface area (Å²) in [6.45, 7) is 0. The molecule has 26 heavy (non-hydrogen) atoms. The lowest BCUT2D eigenvalue weighted by Crippen LogP contribution is -2.23. The van der Waals surface area contributed by atoms with Crippen LogP contribution in [0.2, 0.25) is 5.15 Å². The molecule has 0 N–H and O–H groups in total. The standard InChI is InChI=1S/C20H14ClN3OS/c1-24-19(25)17(26-20(24)23-16-10-5-11-22-18(16)21)12-14-8-4-7-13-6-2-3-9-15(13)14/h2-12H,1H3/b17-12-,23-20?. The van der Waals surface area contributed by atoms with Crippen molar-refractivity contribution in [1.82, 2.24) is 9.88 Å². The second-order valence-electron chi connectivity index (χ2n) is 5.75. The zero-order valence-corrected chi connectivity index (χ0v) is 15.5. The highest BCUT2D eigenvalue weighted by molar-refractivity contribution is 8.18. The monoisotopic (exact) mass is 379 g/mol. The molecule has 2 aromatic carbocycles. The minimum Gasteiger partial charge on any atom is -0.290 e. The molecule has 6 heteroatoms. The predicted molar refractivity (Wildman–Crippen MR) is 109 cm³/mol. The maximum atomic E-state index is 12.6. The molecule has 0 spiro atoms. The largest absolute Gasteiger partial charge is 0.290 e. The summed E-state index contributed by atoms with van der Waals surface area (Å²) in [6, 6.07) is 17.7. The number of nitrogens with zero attached hydrogens (tertiary/aromatic N) is 3. The Morgan fingerprint density at radius 3 is 2.77 bits per heavy atom. The van der Waals surface area contributed by atoms with Gasteiger partial charge in [0.2, 0.25) is 0 Å². The second kappa shape index (κ2) is 6.94. The minimum absolute atomic E-state index is 0.0818. The van der Waals surface area contributed by atoms with Crippen LogP contribution < -0.4 is 0 Å². The summed E-state index contributed by atoms with van der Waals surface area (Å²) in [4.78, 5) is 23.3. The van der Waals surface area contributed by atoms with Crippen molar-refractivity contribution < 1.29 is 4.79 Å². The van der Waals surface area contributed by atoms with Crippen molar-refractivity contribution >= 4 is 57.0 Å². The number of amidine groups is 1. The number of thioether (sulfide) groups is 1. The molecule has 0 aliphatic carbocycles. The first kappa shape index (κ1) is 16.8. The number of aliphatic imine (C=N–C) groups is 1. The van der Waals surface area contributed by atoms with Crippen molar-refractivity contribution in [2.45, 2.75) is 0 Å². The van der Waals surface area contributed by atoms with Gasteiger partial charge in [-0.05, 0) is 46.3 Å². The van der Waals surface area contributed by atoms with E-state index in [9.17, 15) is 4.79 Å². The lowest BCUT2D eigenvalue weighted by Gasteiger charge is -2.07. The molecule has 1 fully saturated rings. The van der Waals surface area contributed by atoms with Crippen molar-refractivity contribution in [3.05, 3.63) is 76.4 Å². The highest BCUT2D eigenvalue weighted by Crippen LogP contribution is 2.35. The summed E-state index contributed by atoms with van der Waals surface area (Å²) < 4.78 is 0. The van der Waals surface area contributed by atoms with Crippen LogP contribution in [0.5, 0.6) is 0 Å². The van der Waals surface area contributed by atoms with Crippen LogP contribution in [0.25, 0.3) is 16.8 Å². The maximum Gasteiger partial charge on any atom is 0.266 e.